The topological polar surface area (TPSA) is 76.6 Å². The average Bonchev–Trinajstić information content (AvgIpc) is 2.47. The first-order valence-electron chi connectivity index (χ1n) is 7.02. The Hall–Kier alpha value is -1.80. The van der Waals surface area contributed by atoms with Gasteiger partial charge in [-0.25, -0.2) is 24.7 Å². The number of nitrogens with zero attached hydrogens (tertiary/aromatic N) is 3. The van der Waals surface area contributed by atoms with E-state index in [1.165, 1.54) is 0 Å². The lowest BCUT2D eigenvalue weighted by Gasteiger charge is -2.38. The summed E-state index contributed by atoms with van der Waals surface area (Å²) < 4.78 is 18.1. The number of nitrogens with one attached hydrogen (secondary N) is 1. The normalized spacial score (nSPS) is 22.7. The van der Waals surface area contributed by atoms with Gasteiger partial charge in [0.15, 0.2) is 12.1 Å². The number of halogens is 1. The van der Waals surface area contributed by atoms with Gasteiger partial charge in [0.1, 0.15) is 0 Å². The molecule has 7 nitrogen and oxygen atoms in total. The molecule has 8 heteroatoms. The fraction of sp³-hybridized carbons (Fsp3) is 0.615. The summed E-state index contributed by atoms with van der Waals surface area (Å²) in [5.41, 5.74) is 2.44. The first-order chi connectivity index (χ1) is 10.2. The Morgan fingerprint density at radius 1 is 1.38 bits per heavy atom. The Morgan fingerprint density at radius 3 is 2.81 bits per heavy atom. The fourth-order valence-electron chi connectivity index (χ4n) is 2.29. The van der Waals surface area contributed by atoms with E-state index in [0.717, 1.165) is 31.7 Å². The molecule has 3 rings (SSSR count). The molecule has 1 aromatic heterocycles. The number of carbonyl (C=O) groups excluding carboxylic acids is 1. The third kappa shape index (κ3) is 3.45. The van der Waals surface area contributed by atoms with Crippen LogP contribution in [0.15, 0.2) is 12.4 Å². The van der Waals surface area contributed by atoms with E-state index in [9.17, 15) is 9.18 Å². The number of hydrogen-bond donors (Lipinski definition) is 1. The Balaban J connectivity index is 1.40. The van der Waals surface area contributed by atoms with E-state index in [-0.39, 0.29) is 18.1 Å². The highest BCUT2D eigenvalue weighted by atomic mass is 19.1. The van der Waals surface area contributed by atoms with Crippen molar-refractivity contribution < 1.29 is 18.8 Å². The van der Waals surface area contributed by atoms with E-state index < -0.39 is 5.82 Å². The van der Waals surface area contributed by atoms with E-state index >= 15 is 0 Å². The molecule has 0 spiro atoms. The molecule has 2 aliphatic rings. The second kappa shape index (κ2) is 6.31. The summed E-state index contributed by atoms with van der Waals surface area (Å²) >= 11 is 0. The lowest BCUT2D eigenvalue weighted by molar-refractivity contribution is -0.202. The number of carbonyl (C=O) groups is 1. The molecule has 114 valence electrons. The first kappa shape index (κ1) is 14.2. The van der Waals surface area contributed by atoms with Crippen molar-refractivity contribution in [2.75, 3.05) is 24.6 Å². The lowest BCUT2D eigenvalue weighted by atomic mass is 10.0. The van der Waals surface area contributed by atoms with E-state index in [2.05, 4.69) is 15.4 Å². The number of aromatic nitrogens is 2. The number of ether oxygens (including phenoxy) is 1. The Kier molecular flexibility index (Phi) is 4.26. The molecule has 2 aliphatic heterocycles. The smallest absolute Gasteiger partial charge is 0.250 e. The van der Waals surface area contributed by atoms with Gasteiger partial charge in [0, 0.05) is 26.1 Å². The monoisotopic (exact) mass is 296 g/mol. The van der Waals surface area contributed by atoms with Gasteiger partial charge in [0.25, 0.3) is 0 Å². The Morgan fingerprint density at radius 2 is 2.14 bits per heavy atom. The van der Waals surface area contributed by atoms with Crippen molar-refractivity contribution in [3.05, 3.63) is 18.2 Å². The third-order valence-corrected chi connectivity index (χ3v) is 3.57. The van der Waals surface area contributed by atoms with Crippen LogP contribution in [0.25, 0.3) is 0 Å². The molecule has 0 radical (unpaired) electrons. The molecule has 3 heterocycles. The quantitative estimate of drug-likeness (QED) is 0.821. The van der Waals surface area contributed by atoms with Crippen molar-refractivity contribution in [3.63, 3.8) is 0 Å². The van der Waals surface area contributed by atoms with E-state index in [1.54, 1.807) is 4.90 Å². The van der Waals surface area contributed by atoms with Crippen LogP contribution >= 0.6 is 0 Å². The first-order valence-corrected chi connectivity index (χ1v) is 7.02. The maximum atomic E-state index is 12.7. The van der Waals surface area contributed by atoms with Gasteiger partial charge in [0.2, 0.25) is 11.9 Å². The third-order valence-electron chi connectivity index (χ3n) is 3.57. The highest BCUT2D eigenvalue weighted by molar-refractivity contribution is 5.80. The molecule has 1 atom stereocenters. The van der Waals surface area contributed by atoms with Gasteiger partial charge in [0.05, 0.1) is 18.3 Å². The lowest BCUT2D eigenvalue weighted by Crippen LogP contribution is -2.54. The molecular formula is C13H17FN4O3. The molecule has 0 aromatic carbocycles. The predicted molar refractivity (Wildman–Crippen MR) is 70.5 cm³/mol. The zero-order chi connectivity index (χ0) is 14.7. The summed E-state index contributed by atoms with van der Waals surface area (Å²) in [4.78, 5) is 26.7. The number of amides is 1. The molecular weight excluding hydrogens is 279 g/mol. The van der Waals surface area contributed by atoms with Crippen LogP contribution < -0.4 is 10.4 Å². The van der Waals surface area contributed by atoms with Crippen molar-refractivity contribution in [1.29, 1.82) is 0 Å². The van der Waals surface area contributed by atoms with Crippen LogP contribution in [0.5, 0.6) is 0 Å². The van der Waals surface area contributed by atoms with Crippen LogP contribution in [-0.2, 0) is 14.4 Å². The molecule has 1 N–H and O–H groups in total. The summed E-state index contributed by atoms with van der Waals surface area (Å²) in [5.74, 6) is -0.406. The molecule has 1 amide bonds. The molecule has 2 saturated heterocycles. The second-order valence-electron chi connectivity index (χ2n) is 5.18. The Bertz CT molecular complexity index is 487. The summed E-state index contributed by atoms with van der Waals surface area (Å²) in [5, 5.41) is 0. The fourth-order valence-corrected chi connectivity index (χ4v) is 2.29. The minimum atomic E-state index is -0.477. The number of rotatable bonds is 4. The zero-order valence-electron chi connectivity index (χ0n) is 11.5. The van der Waals surface area contributed by atoms with Crippen molar-refractivity contribution >= 4 is 11.9 Å². The summed E-state index contributed by atoms with van der Waals surface area (Å²) in [6.07, 6.45) is 4.74. The van der Waals surface area contributed by atoms with Crippen LogP contribution in [0.4, 0.5) is 10.3 Å². The van der Waals surface area contributed by atoms with E-state index in [1.807, 2.05) is 0 Å². The molecule has 0 aliphatic carbocycles. The average molecular weight is 296 g/mol. The van der Waals surface area contributed by atoms with Gasteiger partial charge < -0.3 is 9.64 Å². The van der Waals surface area contributed by atoms with Crippen molar-refractivity contribution in [2.45, 2.75) is 25.6 Å². The highest BCUT2D eigenvalue weighted by Gasteiger charge is 2.34. The van der Waals surface area contributed by atoms with Gasteiger partial charge in [-0.05, 0) is 12.8 Å². The number of hydroxylamine groups is 1. The largest absolute Gasteiger partial charge is 0.350 e. The molecule has 2 fully saturated rings. The summed E-state index contributed by atoms with van der Waals surface area (Å²) in [6, 6.07) is 0. The van der Waals surface area contributed by atoms with E-state index in [0.29, 0.717) is 25.6 Å². The van der Waals surface area contributed by atoms with Crippen LogP contribution in [0.3, 0.4) is 0 Å². The van der Waals surface area contributed by atoms with Gasteiger partial charge in [-0.15, -0.1) is 0 Å². The molecule has 1 unspecified atom stereocenters. The van der Waals surface area contributed by atoms with Gasteiger partial charge in [-0.3, -0.25) is 4.79 Å². The zero-order valence-corrected chi connectivity index (χ0v) is 11.5. The maximum Gasteiger partial charge on any atom is 0.250 e. The van der Waals surface area contributed by atoms with Crippen LogP contribution in [0.1, 0.15) is 19.3 Å². The summed E-state index contributed by atoms with van der Waals surface area (Å²) in [7, 11) is 0. The van der Waals surface area contributed by atoms with Gasteiger partial charge in [-0.2, -0.15) is 0 Å². The van der Waals surface area contributed by atoms with Crippen LogP contribution in [0.2, 0.25) is 0 Å². The second-order valence-corrected chi connectivity index (χ2v) is 5.18. The van der Waals surface area contributed by atoms with Gasteiger partial charge in [-0.1, -0.05) is 0 Å². The SMILES string of the molecule is O=C(NOC1CCCCO1)C1CN(c2ncc(F)cn2)C1. The molecule has 1 aromatic rings. The molecule has 21 heavy (non-hydrogen) atoms. The predicted octanol–water partition coefficient (Wildman–Crippen LogP) is 0.626. The minimum Gasteiger partial charge on any atom is -0.350 e. The van der Waals surface area contributed by atoms with Crippen molar-refractivity contribution in [1.82, 2.24) is 15.4 Å². The molecule has 0 bridgehead atoms. The molecule has 0 saturated carbocycles. The van der Waals surface area contributed by atoms with Crippen molar-refractivity contribution in [3.8, 4) is 0 Å². The number of anilines is 1. The van der Waals surface area contributed by atoms with Gasteiger partial charge >= 0.3 is 0 Å². The highest BCUT2D eigenvalue weighted by Crippen LogP contribution is 2.21. The van der Waals surface area contributed by atoms with Crippen LogP contribution in [0, 0.1) is 11.7 Å². The van der Waals surface area contributed by atoms with Crippen LogP contribution in [-0.4, -0.2) is 41.9 Å². The number of hydrogen-bond acceptors (Lipinski definition) is 6. The standard InChI is InChI=1S/C13H17FN4O3/c14-10-5-15-13(16-6-10)18-7-9(8-18)12(19)17-21-11-3-1-2-4-20-11/h5-6,9,11H,1-4,7-8H2,(H,17,19). The Labute approximate surface area is 121 Å². The van der Waals surface area contributed by atoms with Crippen molar-refractivity contribution in [2.24, 2.45) is 5.92 Å². The minimum absolute atomic E-state index is 0.178. The maximum absolute atomic E-state index is 12.7. The summed E-state index contributed by atoms with van der Waals surface area (Å²) in [6.45, 7) is 1.65. The van der Waals surface area contributed by atoms with E-state index in [4.69, 9.17) is 9.57 Å².